The molecule has 2 heterocycles. The Morgan fingerprint density at radius 1 is 1.12 bits per heavy atom. The van der Waals surface area contributed by atoms with Crippen LogP contribution < -0.4 is 0 Å². The first-order chi connectivity index (χ1) is 11.8. The molecular weight excluding hydrogens is 312 g/mol. The molecule has 0 aromatic heterocycles. The molecule has 138 valence electrons. The Bertz CT molecular complexity index is 573. The Morgan fingerprint density at radius 3 is 2.36 bits per heavy atom. The van der Waals surface area contributed by atoms with E-state index in [1.54, 1.807) is 0 Å². The molecule has 4 nitrogen and oxygen atoms in total. The van der Waals surface area contributed by atoms with Gasteiger partial charge in [-0.2, -0.15) is 0 Å². The van der Waals surface area contributed by atoms with E-state index < -0.39 is 5.60 Å². The second-order valence-corrected chi connectivity index (χ2v) is 8.59. The number of carbonyl (C=O) groups is 1. The Kier molecular flexibility index (Phi) is 5.38. The first-order valence-electron chi connectivity index (χ1n) is 9.62. The summed E-state index contributed by atoms with van der Waals surface area (Å²) in [6, 6.07) is 11.6. The molecule has 1 aromatic rings. The van der Waals surface area contributed by atoms with Crippen molar-refractivity contribution in [2.45, 2.75) is 70.6 Å². The first-order valence-corrected chi connectivity index (χ1v) is 9.62. The fourth-order valence-corrected chi connectivity index (χ4v) is 4.17. The van der Waals surface area contributed by atoms with Crippen molar-refractivity contribution in [1.82, 2.24) is 9.80 Å². The summed E-state index contributed by atoms with van der Waals surface area (Å²) < 4.78 is 5.57. The minimum absolute atomic E-state index is 0.165. The van der Waals surface area contributed by atoms with Gasteiger partial charge in [0.15, 0.2) is 0 Å². The van der Waals surface area contributed by atoms with Crippen LogP contribution >= 0.6 is 0 Å². The lowest BCUT2D eigenvalue weighted by molar-refractivity contribution is 0.0225. The maximum atomic E-state index is 12.4. The molecule has 0 aliphatic carbocycles. The summed E-state index contributed by atoms with van der Waals surface area (Å²) in [5.74, 6) is 0.679. The van der Waals surface area contributed by atoms with Gasteiger partial charge in [-0.1, -0.05) is 30.3 Å². The number of benzene rings is 1. The number of likely N-dealkylation sites (tertiary alicyclic amines) is 2. The topological polar surface area (TPSA) is 32.8 Å². The molecule has 0 spiro atoms. The highest BCUT2D eigenvalue weighted by Crippen LogP contribution is 2.32. The van der Waals surface area contributed by atoms with Crippen molar-refractivity contribution in [3.8, 4) is 0 Å². The van der Waals surface area contributed by atoms with Crippen LogP contribution in [0.5, 0.6) is 0 Å². The molecule has 3 rings (SSSR count). The quantitative estimate of drug-likeness (QED) is 0.803. The lowest BCUT2D eigenvalue weighted by atomic mass is 9.89. The van der Waals surface area contributed by atoms with E-state index in [1.807, 2.05) is 25.7 Å². The van der Waals surface area contributed by atoms with E-state index in [9.17, 15) is 4.79 Å². The highest BCUT2D eigenvalue weighted by Gasteiger charge is 2.38. The van der Waals surface area contributed by atoms with Crippen LogP contribution in [-0.4, -0.2) is 53.2 Å². The van der Waals surface area contributed by atoms with Gasteiger partial charge in [0.05, 0.1) is 0 Å². The van der Waals surface area contributed by atoms with Gasteiger partial charge in [-0.25, -0.2) is 4.79 Å². The molecule has 2 fully saturated rings. The number of carbonyl (C=O) groups excluding carboxylic acids is 1. The van der Waals surface area contributed by atoms with Crippen molar-refractivity contribution >= 4 is 6.09 Å². The molecule has 4 heteroatoms. The van der Waals surface area contributed by atoms with E-state index in [-0.39, 0.29) is 12.1 Å². The minimum Gasteiger partial charge on any atom is -0.444 e. The third-order valence-corrected chi connectivity index (χ3v) is 5.50. The van der Waals surface area contributed by atoms with Crippen molar-refractivity contribution in [3.63, 3.8) is 0 Å². The molecule has 0 radical (unpaired) electrons. The molecule has 0 saturated carbocycles. The number of hydrogen-bond donors (Lipinski definition) is 0. The maximum absolute atomic E-state index is 12.4. The van der Waals surface area contributed by atoms with Crippen LogP contribution in [-0.2, 0) is 4.74 Å². The van der Waals surface area contributed by atoms with E-state index in [2.05, 4.69) is 42.2 Å². The lowest BCUT2D eigenvalue weighted by Gasteiger charge is -2.36. The van der Waals surface area contributed by atoms with Gasteiger partial charge < -0.3 is 9.64 Å². The summed E-state index contributed by atoms with van der Waals surface area (Å²) >= 11 is 0. The zero-order valence-electron chi connectivity index (χ0n) is 16.1. The third-order valence-electron chi connectivity index (χ3n) is 5.50. The summed E-state index contributed by atoms with van der Waals surface area (Å²) in [6.45, 7) is 11.0. The monoisotopic (exact) mass is 344 g/mol. The van der Waals surface area contributed by atoms with Crippen LogP contribution in [0.4, 0.5) is 4.79 Å². The molecule has 1 aromatic carbocycles. The van der Waals surface area contributed by atoms with Gasteiger partial charge in [-0.3, -0.25) is 4.90 Å². The van der Waals surface area contributed by atoms with E-state index in [4.69, 9.17) is 4.74 Å². The van der Waals surface area contributed by atoms with E-state index >= 15 is 0 Å². The van der Waals surface area contributed by atoms with E-state index in [1.165, 1.54) is 18.4 Å². The SMILES string of the molecule is C[C@@H]1CC(N2CCC(c3ccccc3)CC2)CN1C(=O)OC(C)(C)C. The standard InChI is InChI=1S/C21H32N2O2/c1-16-14-19(15-23(16)20(24)25-21(2,3)4)22-12-10-18(11-13-22)17-8-6-5-7-9-17/h5-9,16,18-19H,10-15H2,1-4H3/t16-,19?/m1/s1. The van der Waals surface area contributed by atoms with Crippen LogP contribution in [0.25, 0.3) is 0 Å². The molecule has 25 heavy (non-hydrogen) atoms. The smallest absolute Gasteiger partial charge is 0.410 e. The van der Waals surface area contributed by atoms with Crippen LogP contribution in [0.2, 0.25) is 0 Å². The van der Waals surface area contributed by atoms with E-state index in [0.717, 1.165) is 26.1 Å². The molecule has 2 atom stereocenters. The average molecular weight is 344 g/mol. The van der Waals surface area contributed by atoms with Crippen molar-refractivity contribution < 1.29 is 9.53 Å². The highest BCUT2D eigenvalue weighted by atomic mass is 16.6. The molecule has 2 saturated heterocycles. The van der Waals surface area contributed by atoms with Crippen LogP contribution in [0.3, 0.4) is 0 Å². The number of ether oxygens (including phenoxy) is 1. The molecule has 1 amide bonds. The van der Waals surface area contributed by atoms with Gasteiger partial charge in [0.2, 0.25) is 0 Å². The van der Waals surface area contributed by atoms with Crippen LogP contribution in [0, 0.1) is 0 Å². The summed E-state index contributed by atoms with van der Waals surface area (Å²) in [7, 11) is 0. The van der Waals surface area contributed by atoms with Crippen molar-refractivity contribution in [1.29, 1.82) is 0 Å². The molecule has 0 bridgehead atoms. The van der Waals surface area contributed by atoms with Crippen LogP contribution in [0.1, 0.15) is 58.4 Å². The number of piperidine rings is 1. The second kappa shape index (κ2) is 7.36. The Labute approximate surface area is 152 Å². The van der Waals surface area contributed by atoms with Gasteiger partial charge in [-0.05, 0) is 71.5 Å². The molecule has 2 aliphatic rings. The summed E-state index contributed by atoms with van der Waals surface area (Å²) in [4.78, 5) is 16.9. The third kappa shape index (κ3) is 4.55. The zero-order valence-corrected chi connectivity index (χ0v) is 16.1. The Balaban J connectivity index is 1.53. The van der Waals surface area contributed by atoms with Gasteiger partial charge >= 0.3 is 6.09 Å². The first kappa shape index (κ1) is 18.2. The normalized spacial score (nSPS) is 26.0. The molecule has 1 unspecified atom stereocenters. The van der Waals surface area contributed by atoms with Gasteiger partial charge in [-0.15, -0.1) is 0 Å². The average Bonchev–Trinajstić information content (AvgIpc) is 2.96. The fourth-order valence-electron chi connectivity index (χ4n) is 4.17. The van der Waals surface area contributed by atoms with Crippen molar-refractivity contribution in [2.75, 3.05) is 19.6 Å². The Morgan fingerprint density at radius 2 is 1.76 bits per heavy atom. The predicted octanol–water partition coefficient (Wildman–Crippen LogP) is 4.26. The zero-order chi connectivity index (χ0) is 18.0. The lowest BCUT2D eigenvalue weighted by Crippen LogP contribution is -2.44. The molecular formula is C21H32N2O2. The predicted molar refractivity (Wildman–Crippen MR) is 101 cm³/mol. The molecule has 2 aliphatic heterocycles. The van der Waals surface area contributed by atoms with Gasteiger partial charge in [0.1, 0.15) is 5.60 Å². The number of nitrogens with zero attached hydrogens (tertiary/aromatic N) is 2. The van der Waals surface area contributed by atoms with Gasteiger partial charge in [0, 0.05) is 18.6 Å². The second-order valence-electron chi connectivity index (χ2n) is 8.59. The van der Waals surface area contributed by atoms with Gasteiger partial charge in [0.25, 0.3) is 0 Å². The minimum atomic E-state index is -0.428. The number of rotatable bonds is 2. The largest absolute Gasteiger partial charge is 0.444 e. The summed E-state index contributed by atoms with van der Waals surface area (Å²) in [5, 5.41) is 0. The number of hydrogen-bond acceptors (Lipinski definition) is 3. The Hall–Kier alpha value is -1.55. The summed E-state index contributed by atoms with van der Waals surface area (Å²) in [5.41, 5.74) is 1.04. The highest BCUT2D eigenvalue weighted by molar-refractivity contribution is 5.69. The molecule has 0 N–H and O–H groups in total. The van der Waals surface area contributed by atoms with Crippen molar-refractivity contribution in [3.05, 3.63) is 35.9 Å². The van der Waals surface area contributed by atoms with E-state index in [0.29, 0.717) is 12.0 Å². The summed E-state index contributed by atoms with van der Waals surface area (Å²) in [6.07, 6.45) is 3.31. The van der Waals surface area contributed by atoms with Crippen LogP contribution in [0.15, 0.2) is 30.3 Å². The van der Waals surface area contributed by atoms with Crippen molar-refractivity contribution in [2.24, 2.45) is 0 Å². The number of amides is 1. The fraction of sp³-hybridized carbons (Fsp3) is 0.667. The maximum Gasteiger partial charge on any atom is 0.410 e.